The van der Waals surface area contributed by atoms with E-state index < -0.39 is 14.0 Å². The first kappa shape index (κ1) is 25.0. The molecule has 1 fully saturated rings. The number of carbonyl (C=O) groups is 1. The highest BCUT2D eigenvalue weighted by Crippen LogP contribution is 2.44. The molecule has 3 heterocycles. The largest absolute Gasteiger partial charge is 0.480 e. The van der Waals surface area contributed by atoms with Crippen LogP contribution >= 0.6 is 12.4 Å². The van der Waals surface area contributed by atoms with E-state index in [0.29, 0.717) is 40.8 Å². The predicted molar refractivity (Wildman–Crippen MR) is 125 cm³/mol. The van der Waals surface area contributed by atoms with Crippen molar-refractivity contribution in [2.75, 3.05) is 13.7 Å². The summed E-state index contributed by atoms with van der Waals surface area (Å²) in [4.78, 5) is 30.0. The number of rotatable bonds is 9. The Bertz CT molecular complexity index is 1150. The first-order chi connectivity index (χ1) is 15.3. The van der Waals surface area contributed by atoms with Crippen molar-refractivity contribution >= 4 is 37.4 Å². The molecule has 0 bridgehead atoms. The molecule has 13 heteroatoms. The van der Waals surface area contributed by atoms with Crippen LogP contribution in [0.15, 0.2) is 12.5 Å². The summed E-state index contributed by atoms with van der Waals surface area (Å²) >= 11 is 0. The maximum Gasteiger partial charge on any atom is 0.295 e. The summed E-state index contributed by atoms with van der Waals surface area (Å²) in [5, 5.41) is 13.8. The van der Waals surface area contributed by atoms with Gasteiger partial charge in [-0.1, -0.05) is 19.6 Å². The Morgan fingerprint density at radius 2 is 2.03 bits per heavy atom. The van der Waals surface area contributed by atoms with Gasteiger partial charge in [-0.2, -0.15) is 5.10 Å². The fraction of sp³-hybridized carbons (Fsp3) is 0.500. The van der Waals surface area contributed by atoms with Gasteiger partial charge in [-0.25, -0.2) is 30.1 Å². The van der Waals surface area contributed by atoms with Gasteiger partial charge >= 0.3 is 0 Å². The van der Waals surface area contributed by atoms with E-state index in [1.54, 1.807) is 12.6 Å². The smallest absolute Gasteiger partial charge is 0.295 e. The molecular formula is C20H28ClN7O4Si. The van der Waals surface area contributed by atoms with Crippen LogP contribution in [0.5, 0.6) is 5.88 Å². The molecule has 178 valence electrons. The van der Waals surface area contributed by atoms with Gasteiger partial charge in [-0.3, -0.25) is 10.0 Å². The Morgan fingerprint density at radius 1 is 1.27 bits per heavy atom. The van der Waals surface area contributed by atoms with Gasteiger partial charge in [0.1, 0.15) is 18.6 Å². The number of hydrogen-bond donors (Lipinski definition) is 2. The topological polar surface area (TPSA) is 137 Å². The fourth-order valence-electron chi connectivity index (χ4n) is 3.33. The molecule has 0 spiro atoms. The van der Waals surface area contributed by atoms with E-state index in [1.807, 2.05) is 0 Å². The quantitative estimate of drug-likeness (QED) is 0.199. The Labute approximate surface area is 198 Å². The third kappa shape index (κ3) is 5.46. The van der Waals surface area contributed by atoms with E-state index in [9.17, 15) is 4.79 Å². The van der Waals surface area contributed by atoms with Crippen LogP contribution in [0.2, 0.25) is 25.7 Å². The molecule has 1 aliphatic rings. The van der Waals surface area contributed by atoms with Gasteiger partial charge in [-0.15, -0.1) is 12.4 Å². The molecule has 3 aromatic heterocycles. The molecule has 11 nitrogen and oxygen atoms in total. The summed E-state index contributed by atoms with van der Waals surface area (Å²) < 4.78 is 12.8. The van der Waals surface area contributed by atoms with Crippen LogP contribution in [0.25, 0.3) is 22.4 Å². The second kappa shape index (κ2) is 10.1. The molecule has 3 aromatic rings. The van der Waals surface area contributed by atoms with Crippen LogP contribution in [0.3, 0.4) is 0 Å². The van der Waals surface area contributed by atoms with Crippen LogP contribution in [-0.2, 0) is 11.5 Å². The van der Waals surface area contributed by atoms with Crippen LogP contribution in [0.4, 0.5) is 0 Å². The van der Waals surface area contributed by atoms with Gasteiger partial charge in [0.15, 0.2) is 17.2 Å². The Hall–Kier alpha value is -2.67. The van der Waals surface area contributed by atoms with E-state index in [4.69, 9.17) is 14.7 Å². The Kier molecular flexibility index (Phi) is 7.62. The SMILES string of the molecule is COc1ncnc(C2CC2)c1-c1ncc2c(C(=O)NO)nn(COCC[Si](C)(C)C)c2n1.Cl. The summed E-state index contributed by atoms with van der Waals surface area (Å²) in [7, 11) is 0.295. The number of amides is 1. The standard InChI is InChI=1S/C20H27N7O4Si.ClH/c1-30-20-14(15(12-5-6-12)22-10-23-20)17-21-9-13-16(19(28)26-29)25-27(18(13)24-17)11-31-7-8-32(2,3)4;/h9-10,12,29H,5-8,11H2,1-4H3,(H,26,28);1H. The summed E-state index contributed by atoms with van der Waals surface area (Å²) in [5.74, 6) is 0.362. The summed E-state index contributed by atoms with van der Waals surface area (Å²) in [6.45, 7) is 7.53. The van der Waals surface area contributed by atoms with Crippen LogP contribution < -0.4 is 10.2 Å². The first-order valence-corrected chi connectivity index (χ1v) is 14.2. The Morgan fingerprint density at radius 3 is 2.67 bits per heavy atom. The summed E-state index contributed by atoms with van der Waals surface area (Å²) in [5.41, 5.74) is 3.54. The molecule has 0 radical (unpaired) electrons. The minimum absolute atomic E-state index is 0. The van der Waals surface area contributed by atoms with E-state index in [-0.39, 0.29) is 24.8 Å². The zero-order valence-electron chi connectivity index (χ0n) is 19.0. The number of carbonyl (C=O) groups excluding carboxylic acids is 1. The molecule has 0 aliphatic heterocycles. The molecule has 1 saturated carbocycles. The number of hydrogen-bond acceptors (Lipinski definition) is 9. The van der Waals surface area contributed by atoms with Gasteiger partial charge < -0.3 is 9.47 Å². The van der Waals surface area contributed by atoms with Crippen molar-refractivity contribution in [3.8, 4) is 17.3 Å². The number of nitrogens with one attached hydrogen (secondary N) is 1. The molecule has 33 heavy (non-hydrogen) atoms. The van der Waals surface area contributed by atoms with Crippen molar-refractivity contribution in [1.29, 1.82) is 0 Å². The van der Waals surface area contributed by atoms with Crippen molar-refractivity contribution in [2.24, 2.45) is 0 Å². The number of aromatic nitrogens is 6. The zero-order valence-corrected chi connectivity index (χ0v) is 20.8. The highest BCUT2D eigenvalue weighted by Gasteiger charge is 2.32. The maximum absolute atomic E-state index is 12.1. The van der Waals surface area contributed by atoms with Crippen LogP contribution in [0, 0.1) is 0 Å². The lowest BCUT2D eigenvalue weighted by molar-refractivity contribution is 0.0686. The highest BCUT2D eigenvalue weighted by molar-refractivity contribution is 6.76. The minimum Gasteiger partial charge on any atom is -0.480 e. The van der Waals surface area contributed by atoms with Crippen molar-refractivity contribution in [1.82, 2.24) is 35.2 Å². The molecular weight excluding hydrogens is 466 g/mol. The molecule has 0 unspecified atom stereocenters. The van der Waals surface area contributed by atoms with E-state index in [2.05, 4.69) is 44.7 Å². The van der Waals surface area contributed by atoms with Crippen molar-refractivity contribution < 1.29 is 19.5 Å². The van der Waals surface area contributed by atoms with E-state index in [1.165, 1.54) is 17.2 Å². The number of nitrogens with zero attached hydrogens (tertiary/aromatic N) is 6. The first-order valence-electron chi connectivity index (χ1n) is 10.5. The van der Waals surface area contributed by atoms with Gasteiger partial charge in [0, 0.05) is 26.8 Å². The third-order valence-electron chi connectivity index (χ3n) is 5.24. The fourth-order valence-corrected chi connectivity index (χ4v) is 4.09. The highest BCUT2D eigenvalue weighted by atomic mass is 35.5. The summed E-state index contributed by atoms with van der Waals surface area (Å²) in [6.07, 6.45) is 5.07. The monoisotopic (exact) mass is 493 g/mol. The average molecular weight is 494 g/mol. The number of hydroxylamine groups is 1. The normalized spacial score (nSPS) is 13.6. The minimum atomic E-state index is -1.25. The second-order valence-electron chi connectivity index (χ2n) is 8.99. The van der Waals surface area contributed by atoms with Crippen molar-refractivity contribution in [3.63, 3.8) is 0 Å². The number of ether oxygens (including phenoxy) is 2. The number of methoxy groups -OCH3 is 1. The number of halogens is 1. The molecule has 0 saturated heterocycles. The van der Waals surface area contributed by atoms with Gasteiger partial charge in [0.05, 0.1) is 18.2 Å². The zero-order chi connectivity index (χ0) is 22.9. The van der Waals surface area contributed by atoms with E-state index >= 15 is 0 Å². The molecule has 0 atom stereocenters. The second-order valence-corrected chi connectivity index (χ2v) is 14.6. The Balaban J connectivity index is 0.00000306. The lowest BCUT2D eigenvalue weighted by Crippen LogP contribution is -2.22. The molecule has 1 aliphatic carbocycles. The number of fused-ring (bicyclic) bond motifs is 1. The molecule has 2 N–H and O–H groups in total. The van der Waals surface area contributed by atoms with Crippen LogP contribution in [0.1, 0.15) is 34.9 Å². The summed E-state index contributed by atoms with van der Waals surface area (Å²) in [6, 6.07) is 1.000. The van der Waals surface area contributed by atoms with Gasteiger partial charge in [0.2, 0.25) is 5.88 Å². The van der Waals surface area contributed by atoms with Crippen LogP contribution in [-0.4, -0.2) is 62.6 Å². The molecule has 1 amide bonds. The van der Waals surface area contributed by atoms with Crippen molar-refractivity contribution in [3.05, 3.63) is 23.9 Å². The molecule has 0 aromatic carbocycles. The average Bonchev–Trinajstić information content (AvgIpc) is 3.56. The third-order valence-corrected chi connectivity index (χ3v) is 6.94. The van der Waals surface area contributed by atoms with Gasteiger partial charge in [0.25, 0.3) is 5.91 Å². The lowest BCUT2D eigenvalue weighted by atomic mass is 10.1. The predicted octanol–water partition coefficient (Wildman–Crippen LogP) is 3.02. The van der Waals surface area contributed by atoms with Crippen molar-refractivity contribution in [2.45, 2.75) is 51.2 Å². The van der Waals surface area contributed by atoms with Gasteiger partial charge in [-0.05, 0) is 18.9 Å². The lowest BCUT2D eigenvalue weighted by Gasteiger charge is -2.15. The molecule has 4 rings (SSSR count). The van der Waals surface area contributed by atoms with E-state index in [0.717, 1.165) is 24.6 Å². The maximum atomic E-state index is 12.1.